The van der Waals surface area contributed by atoms with Crippen molar-refractivity contribution in [3.05, 3.63) is 23.8 Å². The second-order valence-electron chi connectivity index (χ2n) is 5.75. The standard InChI is InChI=1S/C15H21N3O2/c16-12-9-10(4-5-11(12)15(19)20)17-13-6-8-18-7-2-1-3-14(13)18/h4-5,9,13-14,17H,1-3,6-8,16H2,(H,19,20). The molecule has 0 radical (unpaired) electrons. The van der Waals surface area contributed by atoms with Crippen molar-refractivity contribution < 1.29 is 9.90 Å². The number of carbonyl (C=O) groups is 1. The van der Waals surface area contributed by atoms with Gasteiger partial charge in [-0.25, -0.2) is 4.79 Å². The number of nitrogens with two attached hydrogens (primary N) is 1. The number of hydrogen-bond donors (Lipinski definition) is 3. The van der Waals surface area contributed by atoms with E-state index < -0.39 is 5.97 Å². The molecule has 2 fully saturated rings. The number of hydrogen-bond acceptors (Lipinski definition) is 4. The van der Waals surface area contributed by atoms with E-state index in [0.29, 0.717) is 17.8 Å². The third-order valence-electron chi connectivity index (χ3n) is 4.49. The molecule has 4 N–H and O–H groups in total. The van der Waals surface area contributed by atoms with Crippen molar-refractivity contribution in [1.29, 1.82) is 0 Å². The maximum Gasteiger partial charge on any atom is 0.337 e. The molecule has 2 heterocycles. The summed E-state index contributed by atoms with van der Waals surface area (Å²) >= 11 is 0. The highest BCUT2D eigenvalue weighted by molar-refractivity contribution is 5.94. The van der Waals surface area contributed by atoms with E-state index in [2.05, 4.69) is 10.2 Å². The fourth-order valence-corrected chi connectivity index (χ4v) is 3.48. The van der Waals surface area contributed by atoms with Gasteiger partial charge >= 0.3 is 5.97 Å². The summed E-state index contributed by atoms with van der Waals surface area (Å²) in [6.45, 7) is 2.37. The van der Waals surface area contributed by atoms with Gasteiger partial charge in [-0.05, 0) is 44.0 Å². The second kappa shape index (κ2) is 5.32. The van der Waals surface area contributed by atoms with Gasteiger partial charge in [0.1, 0.15) is 0 Å². The first kappa shape index (κ1) is 13.2. The highest BCUT2D eigenvalue weighted by Crippen LogP contribution is 2.30. The van der Waals surface area contributed by atoms with Crippen molar-refractivity contribution in [3.63, 3.8) is 0 Å². The zero-order valence-electron chi connectivity index (χ0n) is 11.5. The van der Waals surface area contributed by atoms with Gasteiger partial charge in [0.2, 0.25) is 0 Å². The Labute approximate surface area is 118 Å². The number of piperidine rings is 1. The minimum absolute atomic E-state index is 0.168. The zero-order chi connectivity index (χ0) is 14.1. The minimum Gasteiger partial charge on any atom is -0.478 e. The Kier molecular flexibility index (Phi) is 3.53. The summed E-state index contributed by atoms with van der Waals surface area (Å²) in [5, 5.41) is 12.5. The van der Waals surface area contributed by atoms with Crippen LogP contribution in [-0.4, -0.2) is 41.1 Å². The van der Waals surface area contributed by atoms with E-state index in [9.17, 15) is 4.79 Å². The predicted octanol–water partition coefficient (Wildman–Crippen LogP) is 2.01. The number of nitrogens with one attached hydrogen (secondary N) is 1. The molecule has 20 heavy (non-hydrogen) atoms. The van der Waals surface area contributed by atoms with Crippen LogP contribution in [0.15, 0.2) is 18.2 Å². The lowest BCUT2D eigenvalue weighted by Crippen LogP contribution is -2.41. The number of anilines is 2. The fraction of sp³-hybridized carbons (Fsp3) is 0.533. The molecule has 0 bridgehead atoms. The molecule has 2 atom stereocenters. The summed E-state index contributed by atoms with van der Waals surface area (Å²) in [6, 6.07) is 6.18. The minimum atomic E-state index is -0.978. The highest BCUT2D eigenvalue weighted by atomic mass is 16.4. The van der Waals surface area contributed by atoms with E-state index in [1.54, 1.807) is 12.1 Å². The molecular weight excluding hydrogens is 254 g/mol. The maximum absolute atomic E-state index is 11.0. The molecule has 0 spiro atoms. The number of rotatable bonds is 3. The Bertz CT molecular complexity index is 518. The van der Waals surface area contributed by atoms with Crippen LogP contribution < -0.4 is 11.1 Å². The number of fused-ring (bicyclic) bond motifs is 1. The lowest BCUT2D eigenvalue weighted by Gasteiger charge is -2.33. The van der Waals surface area contributed by atoms with Crippen LogP contribution in [0.3, 0.4) is 0 Å². The molecule has 108 valence electrons. The molecular formula is C15H21N3O2. The Morgan fingerprint density at radius 3 is 2.90 bits per heavy atom. The summed E-state index contributed by atoms with van der Waals surface area (Å²) in [7, 11) is 0. The van der Waals surface area contributed by atoms with Crippen LogP contribution in [-0.2, 0) is 0 Å². The van der Waals surface area contributed by atoms with Gasteiger partial charge in [0.05, 0.1) is 5.56 Å². The predicted molar refractivity (Wildman–Crippen MR) is 79.1 cm³/mol. The van der Waals surface area contributed by atoms with Crippen molar-refractivity contribution in [2.75, 3.05) is 24.1 Å². The molecule has 0 aromatic heterocycles. The smallest absolute Gasteiger partial charge is 0.337 e. The average Bonchev–Trinajstić information content (AvgIpc) is 2.82. The first-order valence-electron chi connectivity index (χ1n) is 7.28. The maximum atomic E-state index is 11.0. The van der Waals surface area contributed by atoms with Crippen LogP contribution in [0, 0.1) is 0 Å². The third-order valence-corrected chi connectivity index (χ3v) is 4.49. The summed E-state index contributed by atoms with van der Waals surface area (Å²) in [4.78, 5) is 13.5. The van der Waals surface area contributed by atoms with Crippen molar-refractivity contribution in [1.82, 2.24) is 4.90 Å². The Morgan fingerprint density at radius 2 is 2.15 bits per heavy atom. The molecule has 5 heteroatoms. The number of nitrogen functional groups attached to an aromatic ring is 1. The van der Waals surface area contributed by atoms with Gasteiger partial charge in [0.15, 0.2) is 0 Å². The SMILES string of the molecule is Nc1cc(NC2CCN3CCCCC23)ccc1C(=O)O. The van der Waals surface area contributed by atoms with Gasteiger partial charge in [0, 0.05) is 30.0 Å². The van der Waals surface area contributed by atoms with Crippen molar-refractivity contribution in [2.24, 2.45) is 0 Å². The van der Waals surface area contributed by atoms with Gasteiger partial charge in [-0.15, -0.1) is 0 Å². The molecule has 5 nitrogen and oxygen atoms in total. The number of carboxylic acid groups (broad SMARTS) is 1. The molecule has 1 aromatic carbocycles. The molecule has 2 aliphatic heterocycles. The lowest BCUT2D eigenvalue weighted by atomic mass is 9.98. The first-order chi connectivity index (χ1) is 9.65. The number of carboxylic acids is 1. The summed E-state index contributed by atoms with van der Waals surface area (Å²) in [5.74, 6) is -0.978. The van der Waals surface area contributed by atoms with Crippen LogP contribution in [0.2, 0.25) is 0 Å². The summed E-state index contributed by atoms with van der Waals surface area (Å²) in [5.41, 5.74) is 7.21. The number of aromatic carboxylic acids is 1. The van der Waals surface area contributed by atoms with E-state index in [4.69, 9.17) is 10.8 Å². The van der Waals surface area contributed by atoms with E-state index in [1.165, 1.54) is 25.8 Å². The van der Waals surface area contributed by atoms with E-state index in [-0.39, 0.29) is 5.56 Å². The Hall–Kier alpha value is -1.75. The van der Waals surface area contributed by atoms with Crippen LogP contribution in [0.5, 0.6) is 0 Å². The molecule has 0 saturated carbocycles. The normalized spacial score (nSPS) is 26.2. The third kappa shape index (κ3) is 2.45. The Balaban J connectivity index is 1.72. The van der Waals surface area contributed by atoms with Gasteiger partial charge in [0.25, 0.3) is 0 Å². The van der Waals surface area contributed by atoms with Crippen LogP contribution in [0.4, 0.5) is 11.4 Å². The summed E-state index contributed by atoms with van der Waals surface area (Å²) in [6.07, 6.45) is 5.01. The van der Waals surface area contributed by atoms with Gasteiger partial charge < -0.3 is 16.2 Å². The number of benzene rings is 1. The fourth-order valence-electron chi connectivity index (χ4n) is 3.48. The molecule has 0 amide bonds. The van der Waals surface area contributed by atoms with E-state index >= 15 is 0 Å². The lowest BCUT2D eigenvalue weighted by molar-refractivity contribution is 0.0698. The number of nitrogens with zero attached hydrogens (tertiary/aromatic N) is 1. The van der Waals surface area contributed by atoms with Gasteiger partial charge in [-0.2, -0.15) is 0 Å². The highest BCUT2D eigenvalue weighted by Gasteiger charge is 2.35. The van der Waals surface area contributed by atoms with Crippen molar-refractivity contribution in [2.45, 2.75) is 37.8 Å². The topological polar surface area (TPSA) is 78.6 Å². The van der Waals surface area contributed by atoms with E-state index in [0.717, 1.165) is 18.7 Å². The van der Waals surface area contributed by atoms with E-state index in [1.807, 2.05) is 6.07 Å². The largest absolute Gasteiger partial charge is 0.478 e. The van der Waals surface area contributed by atoms with Crippen molar-refractivity contribution in [3.8, 4) is 0 Å². The second-order valence-corrected chi connectivity index (χ2v) is 5.75. The van der Waals surface area contributed by atoms with Crippen LogP contribution in [0.1, 0.15) is 36.0 Å². The first-order valence-corrected chi connectivity index (χ1v) is 7.28. The molecule has 3 rings (SSSR count). The van der Waals surface area contributed by atoms with Gasteiger partial charge in [-0.3, -0.25) is 4.90 Å². The summed E-state index contributed by atoms with van der Waals surface area (Å²) < 4.78 is 0. The molecule has 0 aliphatic carbocycles. The molecule has 2 aliphatic rings. The zero-order valence-corrected chi connectivity index (χ0v) is 11.5. The molecule has 2 unspecified atom stereocenters. The average molecular weight is 275 g/mol. The molecule has 2 saturated heterocycles. The van der Waals surface area contributed by atoms with Crippen LogP contribution >= 0.6 is 0 Å². The van der Waals surface area contributed by atoms with Crippen LogP contribution in [0.25, 0.3) is 0 Å². The Morgan fingerprint density at radius 1 is 1.30 bits per heavy atom. The molecule has 1 aromatic rings. The van der Waals surface area contributed by atoms with Crippen molar-refractivity contribution >= 4 is 17.3 Å². The quantitative estimate of drug-likeness (QED) is 0.735. The monoisotopic (exact) mass is 275 g/mol. The van der Waals surface area contributed by atoms with Gasteiger partial charge in [-0.1, -0.05) is 6.42 Å².